The van der Waals surface area contributed by atoms with E-state index in [-0.39, 0.29) is 42.2 Å². The van der Waals surface area contributed by atoms with Gasteiger partial charge in [-0.15, -0.1) is 29.9 Å². The Bertz CT molecular complexity index is 765. The van der Waals surface area contributed by atoms with E-state index in [0.717, 1.165) is 49.9 Å². The van der Waals surface area contributed by atoms with Crippen LogP contribution in [-0.4, -0.2) is 70.1 Å². The molecule has 1 saturated heterocycles. The van der Waals surface area contributed by atoms with Gasteiger partial charge in [0, 0.05) is 38.9 Å². The van der Waals surface area contributed by atoms with Crippen LogP contribution < -0.4 is 10.6 Å². The van der Waals surface area contributed by atoms with E-state index >= 15 is 0 Å². The zero-order valence-corrected chi connectivity index (χ0v) is 17.0. The summed E-state index contributed by atoms with van der Waals surface area (Å²) in [7, 11) is 0. The lowest BCUT2D eigenvalue weighted by atomic mass is 10.3. The van der Waals surface area contributed by atoms with Gasteiger partial charge < -0.3 is 15.5 Å². The molecule has 1 fully saturated rings. The fourth-order valence-corrected chi connectivity index (χ4v) is 2.70. The second-order valence-corrected chi connectivity index (χ2v) is 6.15. The van der Waals surface area contributed by atoms with Crippen molar-refractivity contribution in [3.8, 4) is 5.82 Å². The molecule has 0 spiro atoms. The molecule has 2 aromatic heterocycles. The molecule has 0 unspecified atom stereocenters. The summed E-state index contributed by atoms with van der Waals surface area (Å²) in [4.78, 5) is 18.1. The number of carbonyl (C=O) groups excluding carboxylic acids is 1. The zero-order chi connectivity index (χ0) is 19.3. The minimum atomic E-state index is -4.45. The van der Waals surface area contributed by atoms with Crippen LogP contribution >= 0.6 is 24.8 Å². The number of hydrogen-bond acceptors (Lipinski definition) is 6. The molecule has 162 valence electrons. The number of nitrogens with zero attached hydrogens (tertiary/aromatic N) is 5. The van der Waals surface area contributed by atoms with Crippen LogP contribution in [0, 0.1) is 0 Å². The van der Waals surface area contributed by atoms with Crippen molar-refractivity contribution in [1.29, 1.82) is 0 Å². The Hall–Kier alpha value is -1.95. The summed E-state index contributed by atoms with van der Waals surface area (Å²) >= 11 is 0. The largest absolute Gasteiger partial charge is 0.417 e. The number of carbonyl (C=O) groups is 1. The summed E-state index contributed by atoms with van der Waals surface area (Å²) in [6, 6.07) is 2.08. The van der Waals surface area contributed by atoms with Crippen LogP contribution in [0.1, 0.15) is 22.5 Å². The van der Waals surface area contributed by atoms with E-state index in [1.807, 2.05) is 0 Å². The number of hydrogen-bond donors (Lipinski definition) is 2. The summed E-state index contributed by atoms with van der Waals surface area (Å²) in [6.07, 6.45) is -1.59. The minimum Gasteiger partial charge on any atom is -0.351 e. The summed E-state index contributed by atoms with van der Waals surface area (Å²) in [5.41, 5.74) is -0.771. The molecule has 13 heteroatoms. The highest BCUT2D eigenvalue weighted by Crippen LogP contribution is 2.28. The van der Waals surface area contributed by atoms with Gasteiger partial charge in [0.15, 0.2) is 11.5 Å². The Balaban J connectivity index is 0.00000210. The highest BCUT2D eigenvalue weighted by atomic mass is 35.5. The average Bonchev–Trinajstić information content (AvgIpc) is 3.16. The van der Waals surface area contributed by atoms with Gasteiger partial charge in [0.2, 0.25) is 0 Å². The molecular weight excluding hydrogens is 434 g/mol. The predicted octanol–water partition coefficient (Wildman–Crippen LogP) is 1.55. The summed E-state index contributed by atoms with van der Waals surface area (Å²) < 4.78 is 38.9. The molecule has 2 aromatic rings. The number of amides is 1. The molecule has 1 aliphatic heterocycles. The molecule has 0 aromatic carbocycles. The third-order valence-electron chi connectivity index (χ3n) is 4.18. The van der Waals surface area contributed by atoms with Gasteiger partial charge in [-0.1, -0.05) is 5.21 Å². The number of halogens is 5. The molecule has 0 saturated carbocycles. The van der Waals surface area contributed by atoms with Crippen LogP contribution in [0.4, 0.5) is 13.2 Å². The van der Waals surface area contributed by atoms with Crippen molar-refractivity contribution in [1.82, 2.24) is 35.5 Å². The molecule has 0 aliphatic carbocycles. The van der Waals surface area contributed by atoms with Crippen molar-refractivity contribution in [2.75, 3.05) is 39.3 Å². The summed E-state index contributed by atoms with van der Waals surface area (Å²) in [5, 5.41) is 13.5. The quantitative estimate of drug-likeness (QED) is 0.642. The van der Waals surface area contributed by atoms with E-state index in [9.17, 15) is 18.0 Å². The van der Waals surface area contributed by atoms with Crippen LogP contribution in [0.2, 0.25) is 0 Å². The number of pyridine rings is 1. The fraction of sp³-hybridized carbons (Fsp3) is 0.500. The molecule has 29 heavy (non-hydrogen) atoms. The van der Waals surface area contributed by atoms with Gasteiger partial charge in [0.25, 0.3) is 5.91 Å². The van der Waals surface area contributed by atoms with Gasteiger partial charge in [-0.3, -0.25) is 4.79 Å². The van der Waals surface area contributed by atoms with Crippen molar-refractivity contribution in [2.24, 2.45) is 0 Å². The van der Waals surface area contributed by atoms with Crippen molar-refractivity contribution in [3.63, 3.8) is 0 Å². The second kappa shape index (κ2) is 11.3. The lowest BCUT2D eigenvalue weighted by molar-refractivity contribution is -0.137. The summed E-state index contributed by atoms with van der Waals surface area (Å²) in [6.45, 7) is 5.38. The van der Waals surface area contributed by atoms with Crippen molar-refractivity contribution >= 4 is 30.7 Å². The van der Waals surface area contributed by atoms with E-state index in [1.165, 1.54) is 12.3 Å². The van der Waals surface area contributed by atoms with Crippen LogP contribution in [0.25, 0.3) is 5.82 Å². The monoisotopic (exact) mass is 455 g/mol. The first kappa shape index (κ1) is 25.1. The van der Waals surface area contributed by atoms with Crippen LogP contribution in [0.15, 0.2) is 24.5 Å². The lowest BCUT2D eigenvalue weighted by Gasteiger charge is -2.26. The fourth-order valence-electron chi connectivity index (χ4n) is 2.70. The van der Waals surface area contributed by atoms with Crippen LogP contribution in [-0.2, 0) is 6.18 Å². The molecule has 3 heterocycles. The average molecular weight is 456 g/mol. The van der Waals surface area contributed by atoms with E-state index in [2.05, 4.69) is 30.8 Å². The van der Waals surface area contributed by atoms with Crippen molar-refractivity contribution in [2.45, 2.75) is 12.6 Å². The maximum absolute atomic E-state index is 12.6. The first-order valence-corrected chi connectivity index (χ1v) is 8.61. The molecule has 1 aliphatic rings. The van der Waals surface area contributed by atoms with Gasteiger partial charge >= 0.3 is 6.18 Å². The van der Waals surface area contributed by atoms with Gasteiger partial charge in [-0.2, -0.15) is 13.2 Å². The van der Waals surface area contributed by atoms with Gasteiger partial charge in [0.05, 0.1) is 11.8 Å². The topological polar surface area (TPSA) is 88.0 Å². The third kappa shape index (κ3) is 7.11. The zero-order valence-electron chi connectivity index (χ0n) is 15.4. The van der Waals surface area contributed by atoms with E-state index in [0.29, 0.717) is 12.7 Å². The van der Waals surface area contributed by atoms with E-state index in [1.54, 1.807) is 0 Å². The van der Waals surface area contributed by atoms with Crippen LogP contribution in [0.3, 0.4) is 0 Å². The Kier molecular flexibility index (Phi) is 9.77. The van der Waals surface area contributed by atoms with E-state index < -0.39 is 11.7 Å². The Morgan fingerprint density at radius 2 is 1.93 bits per heavy atom. The second-order valence-electron chi connectivity index (χ2n) is 6.15. The SMILES string of the molecule is Cl.Cl.O=C(NCCCN1CCNCC1)c1cn(-c2ccc(C(F)(F)F)cn2)nn1. The van der Waals surface area contributed by atoms with Gasteiger partial charge in [-0.25, -0.2) is 9.67 Å². The van der Waals surface area contributed by atoms with Crippen molar-refractivity contribution < 1.29 is 18.0 Å². The maximum Gasteiger partial charge on any atom is 0.417 e. The first-order chi connectivity index (χ1) is 12.9. The first-order valence-electron chi connectivity index (χ1n) is 8.61. The molecule has 0 atom stereocenters. The van der Waals surface area contributed by atoms with Crippen LogP contribution in [0.5, 0.6) is 0 Å². The molecule has 0 radical (unpaired) electrons. The molecular formula is C16H22Cl2F3N7O. The maximum atomic E-state index is 12.6. The molecule has 0 bridgehead atoms. The number of alkyl halides is 3. The Labute approximate surface area is 178 Å². The normalized spacial score (nSPS) is 14.6. The molecule has 2 N–H and O–H groups in total. The highest BCUT2D eigenvalue weighted by molar-refractivity contribution is 5.91. The van der Waals surface area contributed by atoms with E-state index in [4.69, 9.17) is 0 Å². The number of nitrogens with one attached hydrogen (secondary N) is 2. The standard InChI is InChI=1S/C16H20F3N7O.2ClH/c17-16(18,19)12-2-3-14(22-10-12)26-11-13(23-24-26)15(27)21-4-1-7-25-8-5-20-6-9-25;;/h2-3,10-11,20H,1,4-9H2,(H,21,27);2*1H. The number of rotatable bonds is 6. The predicted molar refractivity (Wildman–Crippen MR) is 105 cm³/mol. The number of aromatic nitrogens is 4. The van der Waals surface area contributed by atoms with Gasteiger partial charge in [-0.05, 0) is 25.1 Å². The van der Waals surface area contributed by atoms with Crippen molar-refractivity contribution in [3.05, 3.63) is 35.8 Å². The lowest BCUT2D eigenvalue weighted by Crippen LogP contribution is -2.44. The third-order valence-corrected chi connectivity index (χ3v) is 4.18. The summed E-state index contributed by atoms with van der Waals surface area (Å²) in [5.74, 6) is -0.235. The highest BCUT2D eigenvalue weighted by Gasteiger charge is 2.30. The smallest absolute Gasteiger partial charge is 0.351 e. The Morgan fingerprint density at radius 3 is 2.55 bits per heavy atom. The molecule has 8 nitrogen and oxygen atoms in total. The Morgan fingerprint density at radius 1 is 1.21 bits per heavy atom. The molecule has 3 rings (SSSR count). The van der Waals surface area contributed by atoms with Gasteiger partial charge in [0.1, 0.15) is 0 Å². The minimum absolute atomic E-state index is 0. The number of piperazine rings is 1. The molecule has 1 amide bonds.